The van der Waals surface area contributed by atoms with Crippen molar-refractivity contribution in [2.45, 2.75) is 50.9 Å². The topological polar surface area (TPSA) is 76.6 Å². The summed E-state index contributed by atoms with van der Waals surface area (Å²) < 4.78 is 52.9. The molecule has 0 spiro atoms. The van der Waals surface area contributed by atoms with Gasteiger partial charge in [-0.05, 0) is 11.6 Å². The number of methoxy groups -OCH3 is 1. The van der Waals surface area contributed by atoms with Crippen LogP contribution in [0, 0.1) is 5.82 Å². The van der Waals surface area contributed by atoms with Crippen LogP contribution in [0.25, 0.3) is 0 Å². The van der Waals surface area contributed by atoms with Crippen molar-refractivity contribution in [1.29, 1.82) is 0 Å². The maximum Gasteiger partial charge on any atom is 0.273 e. The second-order valence-electron chi connectivity index (χ2n) is 8.26. The molecule has 1 aromatic carbocycles. The van der Waals surface area contributed by atoms with E-state index < -0.39 is 22.9 Å². The normalized spacial score (nSPS) is 17.7. The predicted octanol–water partition coefficient (Wildman–Crippen LogP) is 4.03. The molecule has 1 amide bonds. The number of benzene rings is 1. The Kier molecular flexibility index (Phi) is 6.52. The quantitative estimate of drug-likeness (QED) is 0.624. The third kappa shape index (κ3) is 4.64. The highest BCUT2D eigenvalue weighted by molar-refractivity contribution is 6.28. The van der Waals surface area contributed by atoms with E-state index in [1.807, 2.05) is 0 Å². The van der Waals surface area contributed by atoms with Crippen molar-refractivity contribution in [3.63, 3.8) is 0 Å². The highest BCUT2D eigenvalue weighted by Gasteiger charge is 2.45. The average molecular weight is 485 g/mol. The summed E-state index contributed by atoms with van der Waals surface area (Å²) in [5.74, 6) is -4.13. The standard InChI is InChI=1S/C22H24ClF3N4O3/c1-21(25,26)15-5-3-4-13(17(15)24)10-27-18-14-11-30(12-16(14)28-20(23)29-18)19(31)22(32-2)6-8-33-9-7-22/h3-5H,6-12H2,1-2H3,(H,27,28,29). The van der Waals surface area contributed by atoms with Gasteiger partial charge in [0.1, 0.15) is 11.6 Å². The zero-order valence-corrected chi connectivity index (χ0v) is 19.0. The summed E-state index contributed by atoms with van der Waals surface area (Å²) in [6.07, 6.45) is 0.898. The van der Waals surface area contributed by atoms with Gasteiger partial charge >= 0.3 is 0 Å². The summed E-state index contributed by atoms with van der Waals surface area (Å²) in [5.41, 5.74) is -0.364. The Bertz CT molecular complexity index is 1060. The van der Waals surface area contributed by atoms with E-state index in [2.05, 4.69) is 15.3 Å². The summed E-state index contributed by atoms with van der Waals surface area (Å²) in [4.78, 5) is 23.3. The van der Waals surface area contributed by atoms with E-state index >= 15 is 0 Å². The molecule has 0 aliphatic carbocycles. The summed E-state index contributed by atoms with van der Waals surface area (Å²) in [6.45, 7) is 1.86. The van der Waals surface area contributed by atoms with E-state index in [4.69, 9.17) is 21.1 Å². The molecule has 0 saturated carbocycles. The van der Waals surface area contributed by atoms with Gasteiger partial charge in [-0.3, -0.25) is 4.79 Å². The predicted molar refractivity (Wildman–Crippen MR) is 114 cm³/mol. The zero-order valence-electron chi connectivity index (χ0n) is 18.3. The van der Waals surface area contributed by atoms with Crippen molar-refractivity contribution in [1.82, 2.24) is 14.9 Å². The molecule has 1 N–H and O–H groups in total. The number of hydrogen-bond donors (Lipinski definition) is 1. The molecule has 178 valence electrons. The van der Waals surface area contributed by atoms with Crippen LogP contribution in [-0.4, -0.2) is 46.7 Å². The van der Waals surface area contributed by atoms with Crippen molar-refractivity contribution < 1.29 is 27.4 Å². The van der Waals surface area contributed by atoms with Crippen LogP contribution in [0.15, 0.2) is 18.2 Å². The van der Waals surface area contributed by atoms with E-state index in [-0.39, 0.29) is 36.4 Å². The van der Waals surface area contributed by atoms with Crippen LogP contribution in [0.1, 0.15) is 42.1 Å². The number of nitrogens with one attached hydrogen (secondary N) is 1. The number of rotatable bonds is 6. The molecule has 0 bridgehead atoms. The van der Waals surface area contributed by atoms with Gasteiger partial charge in [-0.1, -0.05) is 18.2 Å². The number of anilines is 1. The number of alkyl halides is 2. The van der Waals surface area contributed by atoms with Crippen molar-refractivity contribution in [2.75, 3.05) is 25.6 Å². The van der Waals surface area contributed by atoms with Gasteiger partial charge in [0.15, 0.2) is 5.60 Å². The summed E-state index contributed by atoms with van der Waals surface area (Å²) in [5, 5.41) is 2.94. The fourth-order valence-electron chi connectivity index (χ4n) is 4.24. The lowest BCUT2D eigenvalue weighted by Crippen LogP contribution is -2.51. The Morgan fingerprint density at radius 1 is 1.30 bits per heavy atom. The molecule has 2 aliphatic rings. The number of halogens is 4. The van der Waals surface area contributed by atoms with Crippen LogP contribution in [0.3, 0.4) is 0 Å². The van der Waals surface area contributed by atoms with Gasteiger partial charge in [0, 0.05) is 57.8 Å². The number of ether oxygens (including phenoxy) is 2. The van der Waals surface area contributed by atoms with Crippen molar-refractivity contribution in [3.8, 4) is 0 Å². The lowest BCUT2D eigenvalue weighted by molar-refractivity contribution is -0.167. The smallest absolute Gasteiger partial charge is 0.273 e. The van der Waals surface area contributed by atoms with E-state index in [9.17, 15) is 18.0 Å². The van der Waals surface area contributed by atoms with Crippen LogP contribution >= 0.6 is 11.6 Å². The van der Waals surface area contributed by atoms with Crippen molar-refractivity contribution >= 4 is 23.3 Å². The van der Waals surface area contributed by atoms with E-state index in [1.165, 1.54) is 19.2 Å². The highest BCUT2D eigenvalue weighted by atomic mass is 35.5. The Morgan fingerprint density at radius 2 is 2.03 bits per heavy atom. The molecule has 2 aromatic rings. The monoisotopic (exact) mass is 484 g/mol. The molecule has 0 atom stereocenters. The molecule has 11 heteroatoms. The Labute approximate surface area is 194 Å². The second kappa shape index (κ2) is 9.08. The molecule has 3 heterocycles. The number of hydrogen-bond acceptors (Lipinski definition) is 6. The maximum absolute atomic E-state index is 14.6. The molecule has 1 fully saturated rings. The largest absolute Gasteiger partial charge is 0.381 e. The average Bonchev–Trinajstić information content (AvgIpc) is 3.21. The van der Waals surface area contributed by atoms with E-state index in [1.54, 1.807) is 4.90 Å². The van der Waals surface area contributed by atoms with Crippen molar-refractivity contribution in [2.24, 2.45) is 0 Å². The van der Waals surface area contributed by atoms with E-state index in [0.29, 0.717) is 50.1 Å². The first-order valence-electron chi connectivity index (χ1n) is 10.5. The third-order valence-electron chi connectivity index (χ3n) is 6.12. The molecule has 33 heavy (non-hydrogen) atoms. The molecule has 1 saturated heterocycles. The number of carbonyl (C=O) groups is 1. The maximum atomic E-state index is 14.6. The van der Waals surface area contributed by atoms with Crippen molar-refractivity contribution in [3.05, 3.63) is 51.7 Å². The second-order valence-corrected chi connectivity index (χ2v) is 8.60. The van der Waals surface area contributed by atoms with Crippen LogP contribution in [0.4, 0.5) is 19.0 Å². The minimum absolute atomic E-state index is 0.0348. The van der Waals surface area contributed by atoms with Gasteiger partial charge in [-0.2, -0.15) is 0 Å². The number of carbonyl (C=O) groups excluding carboxylic acids is 1. The molecule has 4 rings (SSSR count). The fraction of sp³-hybridized carbons (Fsp3) is 0.500. The van der Waals surface area contributed by atoms with Gasteiger partial charge in [-0.15, -0.1) is 0 Å². The van der Waals surface area contributed by atoms with E-state index in [0.717, 1.165) is 6.07 Å². The third-order valence-corrected chi connectivity index (χ3v) is 6.29. The summed E-state index contributed by atoms with van der Waals surface area (Å²) in [7, 11) is 1.51. The van der Waals surface area contributed by atoms with Crippen LogP contribution in [-0.2, 0) is 39.8 Å². The molecule has 7 nitrogen and oxygen atoms in total. The first-order valence-corrected chi connectivity index (χ1v) is 10.9. The lowest BCUT2D eigenvalue weighted by atomic mass is 9.92. The Morgan fingerprint density at radius 3 is 2.70 bits per heavy atom. The molecule has 0 radical (unpaired) electrons. The first-order chi connectivity index (χ1) is 15.6. The van der Waals surface area contributed by atoms with Crippen LogP contribution in [0.2, 0.25) is 5.28 Å². The van der Waals surface area contributed by atoms with Crippen LogP contribution in [0.5, 0.6) is 0 Å². The highest BCUT2D eigenvalue weighted by Crippen LogP contribution is 2.34. The molecule has 2 aliphatic heterocycles. The number of fused-ring (bicyclic) bond motifs is 1. The summed E-state index contributed by atoms with van der Waals surface area (Å²) >= 11 is 6.08. The van der Waals surface area contributed by atoms with Gasteiger partial charge in [0.2, 0.25) is 5.28 Å². The molecular weight excluding hydrogens is 461 g/mol. The minimum Gasteiger partial charge on any atom is -0.381 e. The zero-order chi connectivity index (χ0) is 23.8. The summed E-state index contributed by atoms with van der Waals surface area (Å²) in [6, 6.07) is 3.86. The van der Waals surface area contributed by atoms with Crippen LogP contribution < -0.4 is 5.32 Å². The number of nitrogens with zero attached hydrogens (tertiary/aromatic N) is 3. The Balaban J connectivity index is 1.55. The van der Waals surface area contributed by atoms with Gasteiger partial charge in [-0.25, -0.2) is 23.1 Å². The SMILES string of the molecule is COC1(C(=O)N2Cc3nc(Cl)nc(NCc4cccc(C(C)(F)F)c4F)c3C2)CCOCC1. The molecule has 0 unspecified atom stereocenters. The fourth-order valence-corrected chi connectivity index (χ4v) is 4.43. The first kappa shape index (κ1) is 23.7. The van der Waals surface area contributed by atoms with Gasteiger partial charge in [0.05, 0.1) is 24.3 Å². The molecular formula is C22H24ClF3N4O3. The molecule has 1 aromatic heterocycles. The van der Waals surface area contributed by atoms with Gasteiger partial charge < -0.3 is 19.7 Å². The minimum atomic E-state index is -3.30. The Hall–Kier alpha value is -2.43. The number of aromatic nitrogens is 2. The lowest BCUT2D eigenvalue weighted by Gasteiger charge is -2.37. The van der Waals surface area contributed by atoms with Gasteiger partial charge in [0.25, 0.3) is 11.8 Å². The number of amides is 1.